The van der Waals surface area contributed by atoms with Crippen LogP contribution in [-0.4, -0.2) is 40.2 Å². The molecule has 2 aromatic rings. The van der Waals surface area contributed by atoms with Crippen LogP contribution in [0.15, 0.2) is 18.2 Å². The van der Waals surface area contributed by atoms with Gasteiger partial charge in [0, 0.05) is 34.6 Å². The third-order valence-corrected chi connectivity index (χ3v) is 4.35. The molecule has 0 saturated carbocycles. The number of carboxylic acids is 1. The van der Waals surface area contributed by atoms with E-state index in [1.807, 2.05) is 13.8 Å². The molecule has 1 N–H and O–H groups in total. The van der Waals surface area contributed by atoms with Crippen molar-refractivity contribution in [3.8, 4) is 0 Å². The Morgan fingerprint density at radius 2 is 2.16 bits per heavy atom. The number of carbonyl (C=O) groups is 2. The Labute approximate surface area is 150 Å². The Kier molecular flexibility index (Phi) is 4.81. The smallest absolute Gasteiger partial charge is 0.410 e. The van der Waals surface area contributed by atoms with E-state index in [1.165, 1.54) is 4.90 Å². The van der Waals surface area contributed by atoms with Gasteiger partial charge in [0.25, 0.3) is 0 Å². The Hall–Kier alpha value is -2.34. The molecule has 7 heteroatoms. The fourth-order valence-corrected chi connectivity index (χ4v) is 3.11. The summed E-state index contributed by atoms with van der Waals surface area (Å²) in [4.78, 5) is 30.2. The van der Waals surface area contributed by atoms with Gasteiger partial charge in [-0.3, -0.25) is 4.98 Å². The van der Waals surface area contributed by atoms with E-state index in [4.69, 9.17) is 16.3 Å². The average Bonchev–Trinajstić information content (AvgIpc) is 2.56. The average molecular weight is 363 g/mol. The second kappa shape index (κ2) is 6.88. The topological polar surface area (TPSA) is 79.7 Å². The van der Waals surface area contributed by atoms with Crippen LogP contribution >= 0.6 is 11.6 Å². The summed E-state index contributed by atoms with van der Waals surface area (Å²) in [5, 5.41) is 10.7. The van der Waals surface area contributed by atoms with Crippen molar-refractivity contribution < 1.29 is 19.4 Å². The number of aromatic carboxylic acids is 1. The number of benzene rings is 1. The molecule has 0 aliphatic carbocycles. The first kappa shape index (κ1) is 17.5. The van der Waals surface area contributed by atoms with E-state index in [0.717, 1.165) is 0 Å². The lowest BCUT2D eigenvalue weighted by Gasteiger charge is -2.29. The summed E-state index contributed by atoms with van der Waals surface area (Å²) in [5.41, 5.74) is 1.99. The Morgan fingerprint density at radius 3 is 2.84 bits per heavy atom. The number of hydrogen-bond acceptors (Lipinski definition) is 4. The van der Waals surface area contributed by atoms with Crippen molar-refractivity contribution >= 4 is 34.6 Å². The summed E-state index contributed by atoms with van der Waals surface area (Å²) >= 11 is 6.00. The minimum atomic E-state index is -1.04. The normalized spacial score (nSPS) is 13.8. The van der Waals surface area contributed by atoms with Crippen LogP contribution in [0, 0.1) is 5.92 Å². The van der Waals surface area contributed by atoms with E-state index in [0.29, 0.717) is 46.8 Å². The van der Waals surface area contributed by atoms with Crippen LogP contribution in [0.1, 0.15) is 35.5 Å². The van der Waals surface area contributed by atoms with E-state index >= 15 is 0 Å². The Morgan fingerprint density at radius 1 is 1.40 bits per heavy atom. The first-order chi connectivity index (χ1) is 11.9. The zero-order valence-corrected chi connectivity index (χ0v) is 14.8. The maximum absolute atomic E-state index is 12.2. The summed E-state index contributed by atoms with van der Waals surface area (Å²) in [6.45, 7) is 4.88. The molecule has 0 saturated heterocycles. The number of amides is 1. The van der Waals surface area contributed by atoms with Gasteiger partial charge in [0.15, 0.2) is 0 Å². The third kappa shape index (κ3) is 3.54. The fraction of sp³-hybridized carbons (Fsp3) is 0.389. The Bertz CT molecular complexity index is 851. The van der Waals surface area contributed by atoms with Gasteiger partial charge < -0.3 is 14.7 Å². The minimum absolute atomic E-state index is 0.179. The molecule has 1 aromatic heterocycles. The van der Waals surface area contributed by atoms with Crippen LogP contribution in [0.3, 0.4) is 0 Å². The second-order valence-electron chi connectivity index (χ2n) is 6.52. The van der Waals surface area contributed by atoms with Crippen molar-refractivity contribution in [3.63, 3.8) is 0 Å². The molecule has 1 aliphatic rings. The number of hydrogen-bond donors (Lipinski definition) is 1. The number of carbonyl (C=O) groups excluding carboxylic acids is 1. The van der Waals surface area contributed by atoms with Crippen molar-refractivity contribution in [2.24, 2.45) is 5.92 Å². The highest BCUT2D eigenvalue weighted by molar-refractivity contribution is 6.31. The van der Waals surface area contributed by atoms with Crippen LogP contribution in [0.4, 0.5) is 4.79 Å². The molecule has 0 fully saturated rings. The maximum atomic E-state index is 12.2. The lowest BCUT2D eigenvalue weighted by molar-refractivity contribution is 0.0689. The second-order valence-corrected chi connectivity index (χ2v) is 6.96. The van der Waals surface area contributed by atoms with E-state index in [1.54, 1.807) is 18.2 Å². The monoisotopic (exact) mass is 362 g/mol. The van der Waals surface area contributed by atoms with Gasteiger partial charge in [-0.05, 0) is 18.1 Å². The molecule has 1 aromatic carbocycles. The molecule has 0 bridgehead atoms. The van der Waals surface area contributed by atoms with Crippen LogP contribution in [0.5, 0.6) is 0 Å². The first-order valence-corrected chi connectivity index (χ1v) is 8.50. The zero-order chi connectivity index (χ0) is 18.1. The van der Waals surface area contributed by atoms with Gasteiger partial charge in [-0.15, -0.1) is 0 Å². The number of halogens is 1. The summed E-state index contributed by atoms with van der Waals surface area (Å²) in [6, 6.07) is 4.96. The third-order valence-electron chi connectivity index (χ3n) is 4.11. The predicted molar refractivity (Wildman–Crippen MR) is 94.0 cm³/mol. The zero-order valence-electron chi connectivity index (χ0n) is 14.1. The molecule has 0 atom stereocenters. The maximum Gasteiger partial charge on any atom is 0.410 e. The summed E-state index contributed by atoms with van der Waals surface area (Å²) in [5.74, 6) is -0.797. The van der Waals surface area contributed by atoms with Gasteiger partial charge in [-0.2, -0.15) is 0 Å². The van der Waals surface area contributed by atoms with Crippen LogP contribution < -0.4 is 0 Å². The van der Waals surface area contributed by atoms with Crippen LogP contribution in [0.25, 0.3) is 10.9 Å². The number of ether oxygens (including phenoxy) is 1. The van der Waals surface area contributed by atoms with Gasteiger partial charge in [-0.1, -0.05) is 31.5 Å². The largest absolute Gasteiger partial charge is 0.478 e. The highest BCUT2D eigenvalue weighted by atomic mass is 35.5. The lowest BCUT2D eigenvalue weighted by atomic mass is 9.96. The molecule has 1 aliphatic heterocycles. The van der Waals surface area contributed by atoms with Gasteiger partial charge in [-0.25, -0.2) is 9.59 Å². The van der Waals surface area contributed by atoms with Crippen molar-refractivity contribution in [3.05, 3.63) is 40.0 Å². The molecular formula is C18H19ClN2O4. The van der Waals surface area contributed by atoms with E-state index in [-0.39, 0.29) is 18.0 Å². The molecule has 1 amide bonds. The predicted octanol–water partition coefficient (Wildman–Crippen LogP) is 3.74. The van der Waals surface area contributed by atoms with Crippen molar-refractivity contribution in [2.75, 3.05) is 13.2 Å². The standard InChI is InChI=1S/C18H19ClN2O4/c1-10(2)9-25-18(24)21-6-5-14-13(8-21)16(17(22)23)12-4-3-11(19)7-15(12)20-14/h3-4,7,10H,5-6,8-9H2,1-2H3,(H,22,23). The highest BCUT2D eigenvalue weighted by Gasteiger charge is 2.28. The quantitative estimate of drug-likeness (QED) is 0.899. The van der Waals surface area contributed by atoms with Gasteiger partial charge in [0.1, 0.15) is 0 Å². The van der Waals surface area contributed by atoms with E-state index < -0.39 is 12.1 Å². The fourth-order valence-electron chi connectivity index (χ4n) is 2.95. The van der Waals surface area contributed by atoms with Gasteiger partial charge in [0.2, 0.25) is 0 Å². The highest BCUT2D eigenvalue weighted by Crippen LogP contribution is 2.30. The SMILES string of the molecule is CC(C)COC(=O)N1CCc2nc3cc(Cl)ccc3c(C(=O)O)c2C1. The lowest BCUT2D eigenvalue weighted by Crippen LogP contribution is -2.38. The van der Waals surface area contributed by atoms with Crippen molar-refractivity contribution in [1.29, 1.82) is 0 Å². The van der Waals surface area contributed by atoms with E-state index in [9.17, 15) is 14.7 Å². The molecular weight excluding hydrogens is 344 g/mol. The first-order valence-electron chi connectivity index (χ1n) is 8.13. The minimum Gasteiger partial charge on any atom is -0.478 e. The Balaban J connectivity index is 1.99. The molecule has 3 rings (SSSR count). The summed E-state index contributed by atoms with van der Waals surface area (Å²) < 4.78 is 5.26. The molecule has 2 heterocycles. The number of aromatic nitrogens is 1. The number of nitrogens with zero attached hydrogens (tertiary/aromatic N) is 2. The molecule has 0 unspecified atom stereocenters. The number of rotatable bonds is 3. The summed E-state index contributed by atoms with van der Waals surface area (Å²) in [7, 11) is 0. The van der Waals surface area contributed by atoms with Gasteiger partial charge in [0.05, 0.1) is 24.2 Å². The number of carboxylic acid groups (broad SMARTS) is 1. The number of pyridine rings is 1. The van der Waals surface area contributed by atoms with Crippen molar-refractivity contribution in [2.45, 2.75) is 26.8 Å². The van der Waals surface area contributed by atoms with E-state index in [2.05, 4.69) is 4.98 Å². The van der Waals surface area contributed by atoms with Crippen LogP contribution in [-0.2, 0) is 17.7 Å². The molecule has 25 heavy (non-hydrogen) atoms. The molecule has 132 valence electrons. The van der Waals surface area contributed by atoms with Crippen LogP contribution in [0.2, 0.25) is 5.02 Å². The molecule has 0 spiro atoms. The molecule has 6 nitrogen and oxygen atoms in total. The summed E-state index contributed by atoms with van der Waals surface area (Å²) in [6.07, 6.45) is 0.0568. The molecule has 0 radical (unpaired) electrons. The van der Waals surface area contributed by atoms with Gasteiger partial charge >= 0.3 is 12.1 Å². The number of fused-ring (bicyclic) bond motifs is 2. The van der Waals surface area contributed by atoms with Crippen molar-refractivity contribution in [1.82, 2.24) is 9.88 Å².